The fourth-order valence-corrected chi connectivity index (χ4v) is 1.38. The summed E-state index contributed by atoms with van der Waals surface area (Å²) in [5, 5.41) is 3.22. The predicted molar refractivity (Wildman–Crippen MR) is 66.2 cm³/mol. The molecule has 0 aromatic heterocycles. The molecular weight excluding hydrogens is 204 g/mol. The summed E-state index contributed by atoms with van der Waals surface area (Å²) in [6.45, 7) is 5.76. The highest BCUT2D eigenvalue weighted by atomic mass is 16.7. The molecule has 1 aromatic rings. The van der Waals surface area contributed by atoms with E-state index < -0.39 is 0 Å². The molecular formula is C12H20N2O2. The normalized spacial score (nSPS) is 14.5. The summed E-state index contributed by atoms with van der Waals surface area (Å²) in [4.78, 5) is 0. The zero-order valence-electron chi connectivity index (χ0n) is 10.3. The number of aryl methyl sites for hydroxylation is 1. The number of hydrogen-bond donors (Lipinski definition) is 2. The molecule has 0 aliphatic carbocycles. The van der Waals surface area contributed by atoms with Crippen molar-refractivity contribution in [3.05, 3.63) is 23.8 Å². The van der Waals surface area contributed by atoms with Gasteiger partial charge in [0.25, 0.3) is 0 Å². The predicted octanol–water partition coefficient (Wildman–Crippen LogP) is 2.34. The number of nitrogens with two attached hydrogens (primary N) is 1. The molecule has 4 nitrogen and oxygen atoms in total. The van der Waals surface area contributed by atoms with Gasteiger partial charge in [-0.15, -0.1) is 0 Å². The highest BCUT2D eigenvalue weighted by Gasteiger charge is 2.07. The third-order valence-electron chi connectivity index (χ3n) is 2.37. The number of rotatable bonds is 5. The molecule has 1 rings (SSSR count). The van der Waals surface area contributed by atoms with Crippen LogP contribution in [0.4, 0.5) is 11.4 Å². The Morgan fingerprint density at radius 1 is 1.31 bits per heavy atom. The molecule has 4 heteroatoms. The van der Waals surface area contributed by atoms with Gasteiger partial charge in [-0.05, 0) is 44.5 Å². The average molecular weight is 224 g/mol. The van der Waals surface area contributed by atoms with Gasteiger partial charge in [0.05, 0.1) is 0 Å². The van der Waals surface area contributed by atoms with Crippen molar-refractivity contribution in [3.8, 4) is 0 Å². The minimum Gasteiger partial charge on any atom is -0.399 e. The van der Waals surface area contributed by atoms with Gasteiger partial charge in [0.15, 0.2) is 6.29 Å². The molecule has 0 fully saturated rings. The van der Waals surface area contributed by atoms with Gasteiger partial charge in [0.1, 0.15) is 6.23 Å². The zero-order valence-corrected chi connectivity index (χ0v) is 10.3. The summed E-state index contributed by atoms with van der Waals surface area (Å²) in [6, 6.07) is 5.80. The second-order valence-corrected chi connectivity index (χ2v) is 3.80. The van der Waals surface area contributed by atoms with E-state index >= 15 is 0 Å². The smallest absolute Gasteiger partial charge is 0.156 e. The van der Waals surface area contributed by atoms with Crippen LogP contribution in [0.25, 0.3) is 0 Å². The third-order valence-corrected chi connectivity index (χ3v) is 2.37. The second-order valence-electron chi connectivity index (χ2n) is 3.80. The number of ether oxygens (including phenoxy) is 2. The SMILES string of the molecule is COC(C)OC(C)Nc1ccc(N)c(C)c1. The molecule has 0 aliphatic rings. The zero-order chi connectivity index (χ0) is 12.1. The summed E-state index contributed by atoms with van der Waals surface area (Å²) in [6.07, 6.45) is -0.338. The van der Waals surface area contributed by atoms with Crippen LogP contribution >= 0.6 is 0 Å². The van der Waals surface area contributed by atoms with E-state index in [-0.39, 0.29) is 12.5 Å². The summed E-state index contributed by atoms with van der Waals surface area (Å²) in [5.74, 6) is 0. The molecule has 3 N–H and O–H groups in total. The molecule has 0 bridgehead atoms. The molecule has 0 aliphatic heterocycles. The summed E-state index contributed by atoms with van der Waals surface area (Å²) < 4.78 is 10.5. The molecule has 0 spiro atoms. The highest BCUT2D eigenvalue weighted by molar-refractivity contribution is 5.56. The van der Waals surface area contributed by atoms with Crippen LogP contribution < -0.4 is 11.1 Å². The fraction of sp³-hybridized carbons (Fsp3) is 0.500. The number of nitrogen functional groups attached to an aromatic ring is 1. The number of anilines is 2. The van der Waals surface area contributed by atoms with Crippen LogP contribution in [0, 0.1) is 6.92 Å². The minimum atomic E-state index is -0.225. The first kappa shape index (κ1) is 12.8. The van der Waals surface area contributed by atoms with E-state index in [2.05, 4.69) is 5.32 Å². The molecule has 16 heavy (non-hydrogen) atoms. The Balaban J connectivity index is 2.56. The van der Waals surface area contributed by atoms with Crippen molar-refractivity contribution in [3.63, 3.8) is 0 Å². The topological polar surface area (TPSA) is 56.5 Å². The second kappa shape index (κ2) is 5.72. The number of methoxy groups -OCH3 is 1. The van der Waals surface area contributed by atoms with Crippen LogP contribution in [0.1, 0.15) is 19.4 Å². The van der Waals surface area contributed by atoms with Crippen molar-refractivity contribution in [1.29, 1.82) is 0 Å². The van der Waals surface area contributed by atoms with Crippen molar-refractivity contribution in [2.45, 2.75) is 33.3 Å². The van der Waals surface area contributed by atoms with Gasteiger partial charge in [-0.3, -0.25) is 0 Å². The molecule has 0 radical (unpaired) electrons. The third kappa shape index (κ3) is 3.72. The summed E-state index contributed by atoms with van der Waals surface area (Å²) >= 11 is 0. The first-order chi connectivity index (χ1) is 7.52. The van der Waals surface area contributed by atoms with E-state index in [9.17, 15) is 0 Å². The van der Waals surface area contributed by atoms with Crippen LogP contribution in [0.3, 0.4) is 0 Å². The van der Waals surface area contributed by atoms with E-state index in [0.29, 0.717) is 0 Å². The quantitative estimate of drug-likeness (QED) is 0.595. The molecule has 2 atom stereocenters. The molecule has 0 saturated heterocycles. The van der Waals surface area contributed by atoms with Crippen LogP contribution in [0.2, 0.25) is 0 Å². The van der Waals surface area contributed by atoms with Crippen LogP contribution in [-0.2, 0) is 9.47 Å². The summed E-state index contributed by atoms with van der Waals surface area (Å²) in [5.41, 5.74) is 8.58. The Morgan fingerprint density at radius 2 is 2.00 bits per heavy atom. The highest BCUT2D eigenvalue weighted by Crippen LogP contribution is 2.17. The fourth-order valence-electron chi connectivity index (χ4n) is 1.38. The molecule has 0 heterocycles. The van der Waals surface area contributed by atoms with E-state index in [0.717, 1.165) is 16.9 Å². The van der Waals surface area contributed by atoms with Crippen molar-refractivity contribution in [2.75, 3.05) is 18.2 Å². The van der Waals surface area contributed by atoms with Gasteiger partial charge in [0, 0.05) is 18.5 Å². The lowest BCUT2D eigenvalue weighted by atomic mass is 10.2. The van der Waals surface area contributed by atoms with Gasteiger partial charge < -0.3 is 20.5 Å². The van der Waals surface area contributed by atoms with Crippen molar-refractivity contribution < 1.29 is 9.47 Å². The lowest BCUT2D eigenvalue weighted by Crippen LogP contribution is -2.25. The lowest BCUT2D eigenvalue weighted by Gasteiger charge is -2.20. The van der Waals surface area contributed by atoms with E-state index in [1.54, 1.807) is 7.11 Å². The van der Waals surface area contributed by atoms with Gasteiger partial charge in [-0.25, -0.2) is 0 Å². The number of benzene rings is 1. The van der Waals surface area contributed by atoms with E-state index in [1.165, 1.54) is 0 Å². The van der Waals surface area contributed by atoms with Crippen molar-refractivity contribution >= 4 is 11.4 Å². The van der Waals surface area contributed by atoms with Crippen molar-refractivity contribution in [2.24, 2.45) is 0 Å². The molecule has 90 valence electrons. The van der Waals surface area contributed by atoms with Crippen LogP contribution in [0.15, 0.2) is 18.2 Å². The average Bonchev–Trinajstić information content (AvgIpc) is 2.23. The molecule has 1 aromatic carbocycles. The van der Waals surface area contributed by atoms with Crippen LogP contribution in [-0.4, -0.2) is 19.6 Å². The number of hydrogen-bond acceptors (Lipinski definition) is 4. The first-order valence-electron chi connectivity index (χ1n) is 5.34. The Kier molecular flexibility index (Phi) is 4.58. The molecule has 0 saturated carbocycles. The lowest BCUT2D eigenvalue weighted by molar-refractivity contribution is -0.131. The monoisotopic (exact) mass is 224 g/mol. The largest absolute Gasteiger partial charge is 0.399 e. The molecule has 0 amide bonds. The maximum absolute atomic E-state index is 5.74. The van der Waals surface area contributed by atoms with E-state index in [1.807, 2.05) is 39.0 Å². The standard InChI is InChI=1S/C12H20N2O2/c1-8-7-11(5-6-12(8)13)14-9(2)16-10(3)15-4/h5-7,9-10,14H,13H2,1-4H3. The van der Waals surface area contributed by atoms with Gasteiger partial charge >= 0.3 is 0 Å². The van der Waals surface area contributed by atoms with Crippen molar-refractivity contribution in [1.82, 2.24) is 0 Å². The number of nitrogens with one attached hydrogen (secondary N) is 1. The Morgan fingerprint density at radius 3 is 2.56 bits per heavy atom. The Labute approximate surface area is 96.7 Å². The Bertz CT molecular complexity index is 342. The maximum atomic E-state index is 5.74. The van der Waals surface area contributed by atoms with Gasteiger partial charge in [-0.2, -0.15) is 0 Å². The summed E-state index contributed by atoms with van der Waals surface area (Å²) in [7, 11) is 1.62. The van der Waals surface area contributed by atoms with Gasteiger partial charge in [0.2, 0.25) is 0 Å². The minimum absolute atomic E-state index is 0.113. The maximum Gasteiger partial charge on any atom is 0.156 e. The Hall–Kier alpha value is -1.26. The molecule has 2 unspecified atom stereocenters. The van der Waals surface area contributed by atoms with E-state index in [4.69, 9.17) is 15.2 Å². The van der Waals surface area contributed by atoms with Gasteiger partial charge in [-0.1, -0.05) is 0 Å². The van der Waals surface area contributed by atoms with Crippen LogP contribution in [0.5, 0.6) is 0 Å². The first-order valence-corrected chi connectivity index (χ1v) is 5.34.